The molecule has 1 aromatic heterocycles. The van der Waals surface area contributed by atoms with E-state index in [1.807, 2.05) is 6.07 Å². The van der Waals surface area contributed by atoms with Crippen LogP contribution in [0.2, 0.25) is 0 Å². The number of nitrogens with one attached hydrogen (secondary N) is 1. The van der Waals surface area contributed by atoms with Gasteiger partial charge in [0.25, 0.3) is 0 Å². The first kappa shape index (κ1) is 14.0. The largest absolute Gasteiger partial charge is 0.354 e. The summed E-state index contributed by atoms with van der Waals surface area (Å²) in [7, 11) is 0. The van der Waals surface area contributed by atoms with Crippen molar-refractivity contribution in [3.8, 4) is 0 Å². The van der Waals surface area contributed by atoms with Crippen molar-refractivity contribution in [2.75, 3.05) is 25.0 Å². The highest BCUT2D eigenvalue weighted by Gasteiger charge is 2.21. The van der Waals surface area contributed by atoms with Gasteiger partial charge in [-0.25, -0.2) is 9.97 Å². The lowest BCUT2D eigenvalue weighted by atomic mass is 10.1. The van der Waals surface area contributed by atoms with E-state index >= 15 is 0 Å². The number of benzene rings is 1. The van der Waals surface area contributed by atoms with Crippen molar-refractivity contribution in [1.82, 2.24) is 14.9 Å². The molecule has 1 aliphatic rings. The minimum atomic E-state index is 0.733. The maximum Gasteiger partial charge on any atom is 0.222 e. The second kappa shape index (κ2) is 7.18. The summed E-state index contributed by atoms with van der Waals surface area (Å²) >= 11 is 0. The number of anilines is 1. The van der Waals surface area contributed by atoms with E-state index in [2.05, 4.69) is 50.5 Å². The molecule has 3 rings (SSSR count). The van der Waals surface area contributed by atoms with Crippen LogP contribution in [-0.2, 0) is 6.54 Å². The molecule has 0 amide bonds. The topological polar surface area (TPSA) is 41.0 Å². The highest BCUT2D eigenvalue weighted by atomic mass is 15.1. The fraction of sp³-hybridized carbons (Fsp3) is 0.412. The molecule has 1 saturated heterocycles. The van der Waals surface area contributed by atoms with Crippen LogP contribution in [0.3, 0.4) is 0 Å². The van der Waals surface area contributed by atoms with Gasteiger partial charge in [0.05, 0.1) is 0 Å². The first-order valence-electron chi connectivity index (χ1n) is 7.67. The minimum Gasteiger partial charge on any atom is -0.354 e. The van der Waals surface area contributed by atoms with Crippen LogP contribution in [0.5, 0.6) is 0 Å². The highest BCUT2D eigenvalue weighted by molar-refractivity contribution is 5.21. The van der Waals surface area contributed by atoms with Crippen molar-refractivity contribution in [3.63, 3.8) is 0 Å². The quantitative estimate of drug-likeness (QED) is 0.884. The molecule has 4 nitrogen and oxygen atoms in total. The monoisotopic (exact) mass is 282 g/mol. The maximum absolute atomic E-state index is 4.18. The van der Waals surface area contributed by atoms with Gasteiger partial charge in [-0.1, -0.05) is 30.3 Å². The van der Waals surface area contributed by atoms with Crippen LogP contribution < -0.4 is 5.32 Å². The predicted octanol–water partition coefficient (Wildman–Crippen LogP) is 2.80. The molecule has 0 spiro atoms. The Morgan fingerprint density at radius 2 is 1.90 bits per heavy atom. The van der Waals surface area contributed by atoms with Gasteiger partial charge >= 0.3 is 0 Å². The van der Waals surface area contributed by atoms with Crippen molar-refractivity contribution in [2.24, 2.45) is 5.92 Å². The minimum absolute atomic E-state index is 0.733. The van der Waals surface area contributed by atoms with Crippen molar-refractivity contribution < 1.29 is 0 Å². The van der Waals surface area contributed by atoms with E-state index in [-0.39, 0.29) is 0 Å². The van der Waals surface area contributed by atoms with Gasteiger partial charge in [0.15, 0.2) is 0 Å². The van der Waals surface area contributed by atoms with E-state index in [0.717, 1.165) is 25.0 Å². The summed E-state index contributed by atoms with van der Waals surface area (Å²) in [5.41, 5.74) is 1.41. The summed E-state index contributed by atoms with van der Waals surface area (Å²) in [6, 6.07) is 12.6. The average Bonchev–Trinajstić information content (AvgIpc) is 2.97. The zero-order valence-electron chi connectivity index (χ0n) is 12.3. The second-order valence-electron chi connectivity index (χ2n) is 5.66. The standard InChI is InChI=1S/C17H22N4/c1-2-5-15(6-3-1)13-21-12-8-16(14-21)7-11-20-17-18-9-4-10-19-17/h1-6,9-10,16H,7-8,11-14H2,(H,18,19,20). The van der Waals surface area contributed by atoms with E-state index in [1.165, 1.54) is 31.5 Å². The van der Waals surface area contributed by atoms with E-state index in [9.17, 15) is 0 Å². The summed E-state index contributed by atoms with van der Waals surface area (Å²) in [5, 5.41) is 3.30. The predicted molar refractivity (Wildman–Crippen MR) is 85.0 cm³/mol. The number of hydrogen-bond acceptors (Lipinski definition) is 4. The average molecular weight is 282 g/mol. The summed E-state index contributed by atoms with van der Waals surface area (Å²) < 4.78 is 0. The molecule has 0 aliphatic carbocycles. The summed E-state index contributed by atoms with van der Waals surface area (Å²) in [5.74, 6) is 1.52. The van der Waals surface area contributed by atoms with Gasteiger partial charge in [0.1, 0.15) is 0 Å². The molecular weight excluding hydrogens is 260 g/mol. The third-order valence-corrected chi connectivity index (χ3v) is 4.02. The Labute approximate surface area is 126 Å². The van der Waals surface area contributed by atoms with Gasteiger partial charge in [-0.05, 0) is 36.9 Å². The highest BCUT2D eigenvalue weighted by Crippen LogP contribution is 2.21. The van der Waals surface area contributed by atoms with E-state index in [1.54, 1.807) is 12.4 Å². The van der Waals surface area contributed by atoms with E-state index in [4.69, 9.17) is 0 Å². The number of nitrogens with zero attached hydrogens (tertiary/aromatic N) is 3. The van der Waals surface area contributed by atoms with Crippen molar-refractivity contribution in [1.29, 1.82) is 0 Å². The van der Waals surface area contributed by atoms with Gasteiger partial charge in [0.2, 0.25) is 5.95 Å². The molecule has 1 N–H and O–H groups in total. The Kier molecular flexibility index (Phi) is 4.79. The molecule has 1 unspecified atom stereocenters. The molecular formula is C17H22N4. The van der Waals surface area contributed by atoms with Crippen LogP contribution in [0.25, 0.3) is 0 Å². The van der Waals surface area contributed by atoms with Gasteiger partial charge in [-0.3, -0.25) is 4.90 Å². The van der Waals surface area contributed by atoms with Crippen LogP contribution in [-0.4, -0.2) is 34.5 Å². The Bertz CT molecular complexity index is 529. The molecule has 1 fully saturated rings. The molecule has 110 valence electrons. The fourth-order valence-corrected chi connectivity index (χ4v) is 2.91. The molecule has 0 saturated carbocycles. The number of likely N-dealkylation sites (tertiary alicyclic amines) is 1. The zero-order valence-corrected chi connectivity index (χ0v) is 12.3. The Morgan fingerprint density at radius 3 is 2.71 bits per heavy atom. The smallest absolute Gasteiger partial charge is 0.222 e. The number of hydrogen-bond donors (Lipinski definition) is 1. The molecule has 2 aromatic rings. The molecule has 0 bridgehead atoms. The van der Waals surface area contributed by atoms with Gasteiger partial charge in [-0.15, -0.1) is 0 Å². The summed E-state index contributed by atoms with van der Waals surface area (Å²) in [4.78, 5) is 10.9. The summed E-state index contributed by atoms with van der Waals surface area (Å²) in [6.07, 6.45) is 6.02. The van der Waals surface area contributed by atoms with Gasteiger partial charge in [-0.2, -0.15) is 0 Å². The van der Waals surface area contributed by atoms with Crippen LogP contribution in [0.15, 0.2) is 48.8 Å². The Balaban J connectivity index is 1.39. The molecule has 1 atom stereocenters. The summed E-state index contributed by atoms with van der Waals surface area (Å²) in [6.45, 7) is 4.44. The lowest BCUT2D eigenvalue weighted by Gasteiger charge is -2.16. The molecule has 21 heavy (non-hydrogen) atoms. The molecule has 2 heterocycles. The fourth-order valence-electron chi connectivity index (χ4n) is 2.91. The normalized spacial score (nSPS) is 18.8. The SMILES string of the molecule is c1ccc(CN2CCC(CCNc3ncccn3)C2)cc1. The van der Waals surface area contributed by atoms with E-state index in [0.29, 0.717) is 0 Å². The van der Waals surface area contributed by atoms with Gasteiger partial charge in [0, 0.05) is 32.0 Å². The van der Waals surface area contributed by atoms with Crippen LogP contribution in [0.1, 0.15) is 18.4 Å². The third-order valence-electron chi connectivity index (χ3n) is 4.02. The first-order valence-corrected chi connectivity index (χ1v) is 7.67. The molecule has 1 aromatic carbocycles. The second-order valence-corrected chi connectivity index (χ2v) is 5.66. The third kappa shape index (κ3) is 4.26. The first-order chi connectivity index (χ1) is 10.4. The van der Waals surface area contributed by atoms with Crippen molar-refractivity contribution >= 4 is 5.95 Å². The number of rotatable bonds is 6. The van der Waals surface area contributed by atoms with Gasteiger partial charge < -0.3 is 5.32 Å². The van der Waals surface area contributed by atoms with Crippen LogP contribution >= 0.6 is 0 Å². The molecule has 0 radical (unpaired) electrons. The Morgan fingerprint density at radius 1 is 1.10 bits per heavy atom. The number of aromatic nitrogens is 2. The zero-order chi connectivity index (χ0) is 14.3. The lowest BCUT2D eigenvalue weighted by Crippen LogP contribution is -2.20. The van der Waals surface area contributed by atoms with E-state index < -0.39 is 0 Å². The van der Waals surface area contributed by atoms with Crippen molar-refractivity contribution in [2.45, 2.75) is 19.4 Å². The van der Waals surface area contributed by atoms with Crippen LogP contribution in [0.4, 0.5) is 5.95 Å². The van der Waals surface area contributed by atoms with Crippen LogP contribution in [0, 0.1) is 5.92 Å². The maximum atomic E-state index is 4.18. The molecule has 1 aliphatic heterocycles. The molecule has 4 heteroatoms. The Hall–Kier alpha value is -1.94. The van der Waals surface area contributed by atoms with Crippen molar-refractivity contribution in [3.05, 3.63) is 54.4 Å². The lowest BCUT2D eigenvalue weighted by molar-refractivity contribution is 0.314.